The second kappa shape index (κ2) is 5.16. The number of phenols is 1. The summed E-state index contributed by atoms with van der Waals surface area (Å²) in [6.07, 6.45) is 0.672. The van der Waals surface area contributed by atoms with Crippen LogP contribution < -0.4 is 0 Å². The molecule has 0 aromatic heterocycles. The van der Waals surface area contributed by atoms with Crippen LogP contribution in [0.4, 0.5) is 8.78 Å². The maximum absolute atomic E-state index is 13.2. The zero-order valence-electron chi connectivity index (χ0n) is 11.1. The first-order valence-corrected chi connectivity index (χ1v) is 6.59. The Hall–Kier alpha value is -2.43. The van der Waals surface area contributed by atoms with Crippen molar-refractivity contribution in [3.63, 3.8) is 0 Å². The smallest absolute Gasteiger partial charge is 0.254 e. The van der Waals surface area contributed by atoms with Gasteiger partial charge in [0.2, 0.25) is 0 Å². The molecule has 0 bridgehead atoms. The van der Waals surface area contributed by atoms with E-state index in [9.17, 15) is 18.7 Å². The Kier molecular flexibility index (Phi) is 3.33. The van der Waals surface area contributed by atoms with E-state index in [0.29, 0.717) is 19.5 Å². The summed E-state index contributed by atoms with van der Waals surface area (Å²) in [7, 11) is 0. The van der Waals surface area contributed by atoms with Crippen LogP contribution in [0.1, 0.15) is 21.5 Å². The van der Waals surface area contributed by atoms with Gasteiger partial charge in [-0.15, -0.1) is 0 Å². The van der Waals surface area contributed by atoms with E-state index in [4.69, 9.17) is 0 Å². The van der Waals surface area contributed by atoms with Crippen molar-refractivity contribution < 1.29 is 18.7 Å². The molecule has 1 aliphatic heterocycles. The van der Waals surface area contributed by atoms with E-state index < -0.39 is 11.6 Å². The van der Waals surface area contributed by atoms with E-state index >= 15 is 0 Å². The van der Waals surface area contributed by atoms with Crippen LogP contribution in [-0.2, 0) is 13.0 Å². The zero-order valence-corrected chi connectivity index (χ0v) is 11.1. The van der Waals surface area contributed by atoms with Gasteiger partial charge in [-0.05, 0) is 47.9 Å². The summed E-state index contributed by atoms with van der Waals surface area (Å²) in [5.41, 5.74) is 2.08. The second-order valence-corrected chi connectivity index (χ2v) is 5.06. The lowest BCUT2D eigenvalue weighted by atomic mass is 9.99. The van der Waals surface area contributed by atoms with Gasteiger partial charge in [-0.2, -0.15) is 0 Å². The van der Waals surface area contributed by atoms with Gasteiger partial charge >= 0.3 is 0 Å². The van der Waals surface area contributed by atoms with Crippen LogP contribution in [0.25, 0.3) is 0 Å². The Labute approximate surface area is 120 Å². The first kappa shape index (κ1) is 13.5. The number of halogens is 2. The first-order valence-electron chi connectivity index (χ1n) is 6.59. The standard InChI is InChI=1S/C16H13F2NO2/c17-14-4-2-11(8-15(14)18)16(21)19-6-5-10-1-3-13(20)7-12(10)9-19/h1-4,7-8,20H,5-6,9H2. The van der Waals surface area contributed by atoms with E-state index in [-0.39, 0.29) is 17.2 Å². The topological polar surface area (TPSA) is 40.5 Å². The number of benzene rings is 2. The lowest BCUT2D eigenvalue weighted by molar-refractivity contribution is 0.0734. The Bertz CT molecular complexity index is 715. The predicted molar refractivity (Wildman–Crippen MR) is 72.9 cm³/mol. The molecular formula is C16H13F2NO2. The number of phenolic OH excluding ortho intramolecular Hbond substituents is 1. The molecule has 0 aliphatic carbocycles. The third kappa shape index (κ3) is 2.59. The summed E-state index contributed by atoms with van der Waals surface area (Å²) in [5, 5.41) is 9.50. The van der Waals surface area contributed by atoms with Crippen LogP contribution in [0.5, 0.6) is 5.75 Å². The van der Waals surface area contributed by atoms with Crippen molar-refractivity contribution in [3.05, 3.63) is 64.7 Å². The summed E-state index contributed by atoms with van der Waals surface area (Å²) in [6, 6.07) is 8.22. The number of carbonyl (C=O) groups is 1. The van der Waals surface area contributed by atoms with Crippen molar-refractivity contribution in [2.45, 2.75) is 13.0 Å². The minimum Gasteiger partial charge on any atom is -0.508 e. The van der Waals surface area contributed by atoms with E-state index in [2.05, 4.69) is 0 Å². The van der Waals surface area contributed by atoms with E-state index in [1.54, 1.807) is 17.0 Å². The second-order valence-electron chi connectivity index (χ2n) is 5.06. The number of fused-ring (bicyclic) bond motifs is 1. The number of carbonyl (C=O) groups excluding carboxylic acids is 1. The molecular weight excluding hydrogens is 276 g/mol. The Morgan fingerprint density at radius 3 is 2.62 bits per heavy atom. The fourth-order valence-electron chi connectivity index (χ4n) is 2.53. The highest BCUT2D eigenvalue weighted by atomic mass is 19.2. The van der Waals surface area contributed by atoms with Gasteiger partial charge in [-0.3, -0.25) is 4.79 Å². The van der Waals surface area contributed by atoms with Crippen molar-refractivity contribution in [3.8, 4) is 5.75 Å². The van der Waals surface area contributed by atoms with Gasteiger partial charge in [0.1, 0.15) is 5.75 Å². The molecule has 0 saturated heterocycles. The molecule has 108 valence electrons. The van der Waals surface area contributed by atoms with Crippen LogP contribution in [-0.4, -0.2) is 22.5 Å². The molecule has 0 saturated carbocycles. The molecule has 3 nitrogen and oxygen atoms in total. The van der Waals surface area contributed by atoms with E-state index in [0.717, 1.165) is 23.3 Å². The molecule has 2 aromatic rings. The number of nitrogens with zero attached hydrogens (tertiary/aromatic N) is 1. The molecule has 3 rings (SSSR count). The monoisotopic (exact) mass is 289 g/mol. The Morgan fingerprint density at radius 1 is 1.05 bits per heavy atom. The zero-order chi connectivity index (χ0) is 15.0. The molecule has 0 radical (unpaired) electrons. The maximum Gasteiger partial charge on any atom is 0.254 e. The minimum atomic E-state index is -1.03. The van der Waals surface area contributed by atoms with Crippen LogP contribution in [0, 0.1) is 11.6 Å². The van der Waals surface area contributed by atoms with Crippen LogP contribution in [0.3, 0.4) is 0 Å². The van der Waals surface area contributed by atoms with E-state index in [1.807, 2.05) is 6.07 Å². The van der Waals surface area contributed by atoms with Gasteiger partial charge in [0.25, 0.3) is 5.91 Å². The molecule has 1 N–H and O–H groups in total. The number of hydrogen-bond donors (Lipinski definition) is 1. The number of amides is 1. The van der Waals surface area contributed by atoms with Crippen molar-refractivity contribution in [1.82, 2.24) is 4.90 Å². The summed E-state index contributed by atoms with van der Waals surface area (Å²) in [5.74, 6) is -2.20. The molecule has 5 heteroatoms. The SMILES string of the molecule is O=C(c1ccc(F)c(F)c1)N1CCc2ccc(O)cc2C1. The average Bonchev–Trinajstić information content (AvgIpc) is 2.48. The minimum absolute atomic E-state index is 0.123. The lowest BCUT2D eigenvalue weighted by Gasteiger charge is -2.29. The van der Waals surface area contributed by atoms with Crippen LogP contribution in [0.2, 0.25) is 0 Å². The number of rotatable bonds is 1. The fourth-order valence-corrected chi connectivity index (χ4v) is 2.53. The molecule has 21 heavy (non-hydrogen) atoms. The predicted octanol–water partition coefficient (Wildman–Crippen LogP) is 2.87. The molecule has 0 fully saturated rings. The highest BCUT2D eigenvalue weighted by Gasteiger charge is 2.22. The molecule has 2 aromatic carbocycles. The summed E-state index contributed by atoms with van der Waals surface area (Å²) < 4.78 is 26.1. The Balaban J connectivity index is 1.85. The first-order chi connectivity index (χ1) is 10.0. The van der Waals surface area contributed by atoms with Crippen molar-refractivity contribution in [1.29, 1.82) is 0 Å². The molecule has 1 amide bonds. The van der Waals surface area contributed by atoms with Crippen molar-refractivity contribution in [2.75, 3.05) is 6.54 Å². The number of aromatic hydroxyl groups is 1. The van der Waals surface area contributed by atoms with Gasteiger partial charge in [0.15, 0.2) is 11.6 Å². The largest absolute Gasteiger partial charge is 0.508 e. The van der Waals surface area contributed by atoms with Crippen molar-refractivity contribution >= 4 is 5.91 Å². The van der Waals surface area contributed by atoms with Gasteiger partial charge in [-0.25, -0.2) is 8.78 Å². The van der Waals surface area contributed by atoms with Crippen molar-refractivity contribution in [2.24, 2.45) is 0 Å². The van der Waals surface area contributed by atoms with Crippen LogP contribution in [0.15, 0.2) is 36.4 Å². The average molecular weight is 289 g/mol. The maximum atomic E-state index is 13.2. The van der Waals surface area contributed by atoms with Gasteiger partial charge in [0.05, 0.1) is 0 Å². The summed E-state index contributed by atoms with van der Waals surface area (Å²) in [4.78, 5) is 13.9. The van der Waals surface area contributed by atoms with Gasteiger partial charge in [-0.1, -0.05) is 6.07 Å². The third-order valence-corrected chi connectivity index (χ3v) is 3.66. The summed E-state index contributed by atoms with van der Waals surface area (Å²) in [6.45, 7) is 0.858. The molecule has 0 unspecified atom stereocenters. The highest BCUT2D eigenvalue weighted by molar-refractivity contribution is 5.94. The summed E-state index contributed by atoms with van der Waals surface area (Å²) >= 11 is 0. The third-order valence-electron chi connectivity index (χ3n) is 3.66. The quantitative estimate of drug-likeness (QED) is 0.877. The van der Waals surface area contributed by atoms with E-state index in [1.165, 1.54) is 6.07 Å². The molecule has 1 aliphatic rings. The molecule has 0 atom stereocenters. The van der Waals surface area contributed by atoms with Gasteiger partial charge < -0.3 is 10.0 Å². The highest BCUT2D eigenvalue weighted by Crippen LogP contribution is 2.24. The normalized spacial score (nSPS) is 13.9. The van der Waals surface area contributed by atoms with Gasteiger partial charge in [0, 0.05) is 18.7 Å². The fraction of sp³-hybridized carbons (Fsp3) is 0.188. The molecule has 1 heterocycles. The Morgan fingerprint density at radius 2 is 1.86 bits per heavy atom. The number of hydrogen-bond acceptors (Lipinski definition) is 2. The molecule has 0 spiro atoms. The van der Waals surface area contributed by atoms with Crippen LogP contribution >= 0.6 is 0 Å². The lowest BCUT2D eigenvalue weighted by Crippen LogP contribution is -2.36.